The molecule has 0 bridgehead atoms. The normalized spacial score (nSPS) is 19.5. The van der Waals surface area contributed by atoms with E-state index in [-0.39, 0.29) is 5.84 Å². The fourth-order valence-corrected chi connectivity index (χ4v) is 2.36. The molecular formula is C13H20N4O. The van der Waals surface area contributed by atoms with Gasteiger partial charge >= 0.3 is 0 Å². The minimum atomic E-state index is 0.0825. The molecule has 2 rings (SSSR count). The number of hydrogen-bond donors (Lipinski definition) is 2. The molecule has 5 nitrogen and oxygen atoms in total. The van der Waals surface area contributed by atoms with Crippen molar-refractivity contribution in [1.29, 1.82) is 5.41 Å². The molecular weight excluding hydrogens is 228 g/mol. The molecule has 0 aromatic carbocycles. The third kappa shape index (κ3) is 2.98. The standard InChI is InChI=1S/C13H20N4O/c1-17(8-10-3-2-6-18-9-10)12-7-16-5-4-11(12)13(14)15/h4-5,7,10H,2-3,6,8-9H2,1H3,(H3,14,15). The summed E-state index contributed by atoms with van der Waals surface area (Å²) in [7, 11) is 2.01. The van der Waals surface area contributed by atoms with Crippen molar-refractivity contribution in [2.45, 2.75) is 12.8 Å². The molecule has 1 fully saturated rings. The molecule has 0 amide bonds. The lowest BCUT2D eigenvalue weighted by Crippen LogP contribution is -2.32. The van der Waals surface area contributed by atoms with E-state index in [1.165, 1.54) is 6.42 Å². The minimum absolute atomic E-state index is 0.0825. The van der Waals surface area contributed by atoms with Crippen LogP contribution in [0.1, 0.15) is 18.4 Å². The van der Waals surface area contributed by atoms with Crippen LogP contribution in [-0.2, 0) is 4.74 Å². The molecule has 0 saturated carbocycles. The summed E-state index contributed by atoms with van der Waals surface area (Å²) in [6.07, 6.45) is 5.75. The Morgan fingerprint density at radius 2 is 2.50 bits per heavy atom. The van der Waals surface area contributed by atoms with Gasteiger partial charge in [-0.15, -0.1) is 0 Å². The highest BCUT2D eigenvalue weighted by molar-refractivity contribution is 6.00. The predicted octanol–water partition coefficient (Wildman–Crippen LogP) is 1.23. The van der Waals surface area contributed by atoms with Crippen LogP contribution >= 0.6 is 0 Å². The molecule has 98 valence electrons. The number of ether oxygens (including phenoxy) is 1. The smallest absolute Gasteiger partial charge is 0.125 e. The maximum atomic E-state index is 7.59. The molecule has 18 heavy (non-hydrogen) atoms. The lowest BCUT2D eigenvalue weighted by atomic mass is 10.0. The summed E-state index contributed by atoms with van der Waals surface area (Å²) in [5, 5.41) is 7.59. The Bertz CT molecular complexity index is 415. The van der Waals surface area contributed by atoms with Crippen LogP contribution < -0.4 is 10.6 Å². The molecule has 1 aromatic rings. The molecule has 0 radical (unpaired) electrons. The number of nitrogen functional groups attached to an aromatic ring is 1. The predicted molar refractivity (Wildman–Crippen MR) is 72.1 cm³/mol. The highest BCUT2D eigenvalue weighted by atomic mass is 16.5. The summed E-state index contributed by atoms with van der Waals surface area (Å²) in [6, 6.07) is 1.78. The monoisotopic (exact) mass is 248 g/mol. The van der Waals surface area contributed by atoms with Gasteiger partial charge < -0.3 is 15.4 Å². The molecule has 0 spiro atoms. The van der Waals surface area contributed by atoms with Gasteiger partial charge in [-0.25, -0.2) is 0 Å². The van der Waals surface area contributed by atoms with E-state index in [1.54, 1.807) is 18.5 Å². The second-order valence-corrected chi connectivity index (χ2v) is 4.77. The number of nitrogens with zero attached hydrogens (tertiary/aromatic N) is 2. The van der Waals surface area contributed by atoms with Gasteiger partial charge in [-0.05, 0) is 24.8 Å². The van der Waals surface area contributed by atoms with Crippen molar-refractivity contribution in [3.8, 4) is 0 Å². The fraction of sp³-hybridized carbons (Fsp3) is 0.538. The number of anilines is 1. The number of nitrogens with two attached hydrogens (primary N) is 1. The molecule has 1 aliphatic heterocycles. The zero-order valence-electron chi connectivity index (χ0n) is 10.7. The van der Waals surface area contributed by atoms with Crippen molar-refractivity contribution >= 4 is 11.5 Å². The van der Waals surface area contributed by atoms with Crippen molar-refractivity contribution in [1.82, 2.24) is 4.98 Å². The quantitative estimate of drug-likeness (QED) is 0.620. The maximum absolute atomic E-state index is 7.59. The number of rotatable bonds is 4. The van der Waals surface area contributed by atoms with Gasteiger partial charge in [0, 0.05) is 32.0 Å². The van der Waals surface area contributed by atoms with Crippen molar-refractivity contribution < 1.29 is 4.74 Å². The third-order valence-electron chi connectivity index (χ3n) is 3.29. The summed E-state index contributed by atoms with van der Waals surface area (Å²) < 4.78 is 5.49. The van der Waals surface area contributed by atoms with E-state index in [1.807, 2.05) is 7.05 Å². The van der Waals surface area contributed by atoms with E-state index < -0.39 is 0 Å². The maximum Gasteiger partial charge on any atom is 0.125 e. The van der Waals surface area contributed by atoms with E-state index in [2.05, 4.69) is 9.88 Å². The highest BCUT2D eigenvalue weighted by Gasteiger charge is 2.18. The summed E-state index contributed by atoms with van der Waals surface area (Å²) in [6.45, 7) is 2.61. The van der Waals surface area contributed by atoms with Crippen LogP contribution in [0.2, 0.25) is 0 Å². The first-order chi connectivity index (χ1) is 8.68. The molecule has 1 atom stereocenters. The SMILES string of the molecule is CN(CC1CCCOC1)c1cnccc1C(=N)N. The van der Waals surface area contributed by atoms with Gasteiger partial charge in [0.15, 0.2) is 0 Å². The number of nitrogens with one attached hydrogen (secondary N) is 1. The third-order valence-corrected chi connectivity index (χ3v) is 3.29. The molecule has 5 heteroatoms. The average molecular weight is 248 g/mol. The first-order valence-electron chi connectivity index (χ1n) is 6.25. The van der Waals surface area contributed by atoms with Gasteiger partial charge in [-0.1, -0.05) is 0 Å². The number of pyridine rings is 1. The van der Waals surface area contributed by atoms with Crippen LogP contribution in [0.3, 0.4) is 0 Å². The van der Waals surface area contributed by atoms with E-state index in [9.17, 15) is 0 Å². The molecule has 2 heterocycles. The molecule has 1 unspecified atom stereocenters. The van der Waals surface area contributed by atoms with Crippen molar-refractivity contribution in [2.24, 2.45) is 11.7 Å². The van der Waals surface area contributed by atoms with Gasteiger partial charge in [-0.2, -0.15) is 0 Å². The van der Waals surface area contributed by atoms with Crippen LogP contribution in [-0.4, -0.2) is 37.6 Å². The average Bonchev–Trinajstić information content (AvgIpc) is 2.40. The summed E-state index contributed by atoms with van der Waals surface area (Å²) in [4.78, 5) is 6.23. The summed E-state index contributed by atoms with van der Waals surface area (Å²) in [5.41, 5.74) is 7.24. The van der Waals surface area contributed by atoms with Crippen molar-refractivity contribution in [2.75, 3.05) is 31.7 Å². The highest BCUT2D eigenvalue weighted by Crippen LogP contribution is 2.21. The summed E-state index contributed by atoms with van der Waals surface area (Å²) in [5.74, 6) is 0.628. The van der Waals surface area contributed by atoms with Crippen LogP contribution in [0.4, 0.5) is 5.69 Å². The first kappa shape index (κ1) is 12.8. The number of hydrogen-bond acceptors (Lipinski definition) is 4. The van der Waals surface area contributed by atoms with Crippen molar-refractivity contribution in [3.63, 3.8) is 0 Å². The Morgan fingerprint density at radius 3 is 3.17 bits per heavy atom. The van der Waals surface area contributed by atoms with Gasteiger partial charge in [0.25, 0.3) is 0 Å². The van der Waals surface area contributed by atoms with E-state index in [0.29, 0.717) is 5.92 Å². The van der Waals surface area contributed by atoms with E-state index >= 15 is 0 Å². The van der Waals surface area contributed by atoms with Crippen LogP contribution in [0.15, 0.2) is 18.5 Å². The summed E-state index contributed by atoms with van der Waals surface area (Å²) >= 11 is 0. The molecule has 0 aliphatic carbocycles. The molecule has 1 aliphatic rings. The van der Waals surface area contributed by atoms with E-state index in [0.717, 1.165) is 37.4 Å². The molecule has 3 N–H and O–H groups in total. The van der Waals surface area contributed by atoms with Gasteiger partial charge in [0.1, 0.15) is 5.84 Å². The Morgan fingerprint density at radius 1 is 1.67 bits per heavy atom. The Kier molecular flexibility index (Phi) is 4.15. The Hall–Kier alpha value is -1.62. The fourth-order valence-electron chi connectivity index (χ4n) is 2.36. The van der Waals surface area contributed by atoms with Gasteiger partial charge in [0.2, 0.25) is 0 Å². The van der Waals surface area contributed by atoms with Gasteiger partial charge in [0.05, 0.1) is 18.5 Å². The second kappa shape index (κ2) is 5.82. The Balaban J connectivity index is 2.08. The second-order valence-electron chi connectivity index (χ2n) is 4.77. The molecule has 1 aromatic heterocycles. The van der Waals surface area contributed by atoms with Crippen LogP contribution in [0, 0.1) is 11.3 Å². The first-order valence-corrected chi connectivity index (χ1v) is 6.25. The topological polar surface area (TPSA) is 75.2 Å². The van der Waals surface area contributed by atoms with Crippen LogP contribution in [0.5, 0.6) is 0 Å². The number of aromatic nitrogens is 1. The lowest BCUT2D eigenvalue weighted by molar-refractivity contribution is 0.0576. The van der Waals surface area contributed by atoms with Crippen LogP contribution in [0.25, 0.3) is 0 Å². The van der Waals surface area contributed by atoms with Gasteiger partial charge in [-0.3, -0.25) is 10.4 Å². The van der Waals surface area contributed by atoms with E-state index in [4.69, 9.17) is 15.9 Å². The number of amidine groups is 1. The minimum Gasteiger partial charge on any atom is -0.384 e. The zero-order valence-corrected chi connectivity index (χ0v) is 10.7. The lowest BCUT2D eigenvalue weighted by Gasteiger charge is -2.29. The zero-order chi connectivity index (χ0) is 13.0. The van der Waals surface area contributed by atoms with Crippen molar-refractivity contribution in [3.05, 3.63) is 24.0 Å². The Labute approximate surface area is 107 Å². The largest absolute Gasteiger partial charge is 0.384 e. The molecule has 1 saturated heterocycles.